The Labute approximate surface area is 200 Å². The molecule has 180 valence electrons. The van der Waals surface area contributed by atoms with Crippen LogP contribution in [-0.2, 0) is 20.7 Å². The Hall–Kier alpha value is -2.32. The van der Waals surface area contributed by atoms with Crippen molar-refractivity contribution in [2.75, 3.05) is 19.0 Å². The number of anilines is 1. The number of aliphatic carboxylic acids is 1. The minimum absolute atomic E-state index is 0.144. The van der Waals surface area contributed by atoms with E-state index in [1.807, 2.05) is 51.1 Å². The van der Waals surface area contributed by atoms with Gasteiger partial charge >= 0.3 is 5.97 Å². The number of hydrogen-bond donors (Lipinski definition) is 2. The number of rotatable bonds is 10. The molecule has 1 aliphatic carbocycles. The molecule has 1 unspecified atom stereocenters. The summed E-state index contributed by atoms with van der Waals surface area (Å²) >= 11 is 1.37. The normalized spacial score (nSPS) is 17.5. The average molecular weight is 474 g/mol. The van der Waals surface area contributed by atoms with Crippen molar-refractivity contribution in [3.63, 3.8) is 0 Å². The summed E-state index contributed by atoms with van der Waals surface area (Å²) in [7, 11) is 1.58. The van der Waals surface area contributed by atoms with E-state index in [4.69, 9.17) is 4.74 Å². The molecule has 1 aromatic carbocycles. The van der Waals surface area contributed by atoms with Crippen LogP contribution in [0, 0.1) is 16.2 Å². The van der Waals surface area contributed by atoms with Gasteiger partial charge in [0.05, 0.1) is 10.8 Å². The van der Waals surface area contributed by atoms with Crippen LogP contribution in [0.2, 0.25) is 0 Å². The van der Waals surface area contributed by atoms with Crippen LogP contribution in [0.1, 0.15) is 69.9 Å². The molecule has 1 aliphatic rings. The zero-order chi connectivity index (χ0) is 24.1. The largest absolute Gasteiger partial charge is 0.481 e. The maximum absolute atomic E-state index is 13.6. The lowest BCUT2D eigenvalue weighted by Gasteiger charge is -2.46. The summed E-state index contributed by atoms with van der Waals surface area (Å²) in [4.78, 5) is 26.3. The van der Waals surface area contributed by atoms with Crippen LogP contribution < -0.4 is 5.32 Å². The fourth-order valence-corrected chi connectivity index (χ4v) is 5.77. The van der Waals surface area contributed by atoms with Crippen molar-refractivity contribution >= 4 is 28.3 Å². The number of hydrogen-bond acceptors (Lipinski definition) is 6. The number of aromatic nitrogens is 2. The molecular weight excluding hydrogens is 438 g/mol. The second-order valence-corrected chi connectivity index (χ2v) is 11.2. The molecular formula is C25H35N3O4S. The lowest BCUT2D eigenvalue weighted by atomic mass is 9.57. The number of benzene rings is 1. The maximum Gasteiger partial charge on any atom is 0.310 e. The van der Waals surface area contributed by atoms with E-state index in [0.29, 0.717) is 37.4 Å². The first-order valence-electron chi connectivity index (χ1n) is 11.5. The van der Waals surface area contributed by atoms with Gasteiger partial charge in [-0.05, 0) is 36.7 Å². The Kier molecular flexibility index (Phi) is 7.90. The van der Waals surface area contributed by atoms with Gasteiger partial charge in [0.2, 0.25) is 11.0 Å². The number of carboxylic acid groups (broad SMARTS) is 1. The summed E-state index contributed by atoms with van der Waals surface area (Å²) in [5.41, 5.74) is -1.23. The SMILES string of the molecule is COCCC(CC1(C(=O)Nc2nnc(Cc3ccccc3)s2)CCCC1)(C(=O)O)C(C)(C)C. The van der Waals surface area contributed by atoms with Crippen LogP contribution >= 0.6 is 11.3 Å². The molecule has 0 aliphatic heterocycles. The monoisotopic (exact) mass is 473 g/mol. The fourth-order valence-electron chi connectivity index (χ4n) is 5.00. The molecule has 2 N–H and O–H groups in total. The molecule has 7 nitrogen and oxygen atoms in total. The van der Waals surface area contributed by atoms with Crippen molar-refractivity contribution in [2.45, 2.75) is 65.7 Å². The van der Waals surface area contributed by atoms with E-state index in [-0.39, 0.29) is 12.3 Å². The van der Waals surface area contributed by atoms with Gasteiger partial charge in [0.1, 0.15) is 5.01 Å². The Morgan fingerprint density at radius 2 is 1.82 bits per heavy atom. The smallest absolute Gasteiger partial charge is 0.310 e. The molecule has 8 heteroatoms. The third kappa shape index (κ3) is 5.61. The van der Waals surface area contributed by atoms with Gasteiger partial charge < -0.3 is 15.2 Å². The molecule has 1 fully saturated rings. The predicted molar refractivity (Wildman–Crippen MR) is 129 cm³/mol. The minimum Gasteiger partial charge on any atom is -0.481 e. The van der Waals surface area contributed by atoms with Crippen LogP contribution in [0.4, 0.5) is 5.13 Å². The van der Waals surface area contributed by atoms with E-state index in [2.05, 4.69) is 15.5 Å². The van der Waals surface area contributed by atoms with Crippen molar-refractivity contribution in [3.8, 4) is 0 Å². The summed E-state index contributed by atoms with van der Waals surface area (Å²) in [5.74, 6) is -1.01. The Morgan fingerprint density at radius 1 is 1.15 bits per heavy atom. The van der Waals surface area contributed by atoms with Crippen LogP contribution in [0.25, 0.3) is 0 Å². The number of nitrogens with zero attached hydrogens (tertiary/aromatic N) is 2. The number of carboxylic acids is 1. The number of ether oxygens (including phenoxy) is 1. The van der Waals surface area contributed by atoms with Crippen molar-refractivity contribution in [2.24, 2.45) is 16.2 Å². The van der Waals surface area contributed by atoms with E-state index in [0.717, 1.165) is 23.4 Å². The van der Waals surface area contributed by atoms with Crippen molar-refractivity contribution in [1.82, 2.24) is 10.2 Å². The lowest BCUT2D eigenvalue weighted by molar-refractivity contribution is -0.163. The Morgan fingerprint density at radius 3 is 2.39 bits per heavy atom. The number of carbonyl (C=O) groups excluding carboxylic acids is 1. The molecule has 0 saturated heterocycles. The zero-order valence-corrected chi connectivity index (χ0v) is 20.8. The lowest BCUT2D eigenvalue weighted by Crippen LogP contribution is -2.50. The van der Waals surface area contributed by atoms with E-state index >= 15 is 0 Å². The van der Waals surface area contributed by atoms with Crippen LogP contribution in [0.3, 0.4) is 0 Å². The highest BCUT2D eigenvalue weighted by molar-refractivity contribution is 7.15. The number of methoxy groups -OCH3 is 1. The molecule has 1 heterocycles. The number of nitrogens with one attached hydrogen (secondary N) is 1. The Bertz CT molecular complexity index is 948. The van der Waals surface area contributed by atoms with Gasteiger partial charge in [0.25, 0.3) is 0 Å². The van der Waals surface area contributed by atoms with E-state index in [1.165, 1.54) is 11.3 Å². The molecule has 0 spiro atoms. The van der Waals surface area contributed by atoms with E-state index in [1.54, 1.807) is 7.11 Å². The van der Waals surface area contributed by atoms with Crippen molar-refractivity contribution in [1.29, 1.82) is 0 Å². The fraction of sp³-hybridized carbons (Fsp3) is 0.600. The number of amides is 1. The molecule has 1 aromatic heterocycles. The molecule has 1 amide bonds. The van der Waals surface area contributed by atoms with Crippen molar-refractivity contribution < 1.29 is 19.4 Å². The molecule has 0 bridgehead atoms. The third-order valence-corrected chi connectivity index (χ3v) is 7.98. The van der Waals surface area contributed by atoms with E-state index in [9.17, 15) is 14.7 Å². The van der Waals surface area contributed by atoms with E-state index < -0.39 is 22.2 Å². The molecule has 1 atom stereocenters. The Balaban J connectivity index is 1.82. The van der Waals surface area contributed by atoms with Crippen molar-refractivity contribution in [3.05, 3.63) is 40.9 Å². The van der Waals surface area contributed by atoms with Gasteiger partial charge in [-0.25, -0.2) is 0 Å². The summed E-state index contributed by atoms with van der Waals surface area (Å²) < 4.78 is 5.27. The first kappa shape index (κ1) is 25.3. The van der Waals surface area contributed by atoms with Crippen LogP contribution in [0.15, 0.2) is 30.3 Å². The maximum atomic E-state index is 13.6. The van der Waals surface area contributed by atoms with Gasteiger partial charge in [-0.1, -0.05) is 75.3 Å². The quantitative estimate of drug-likeness (QED) is 0.493. The summed E-state index contributed by atoms with van der Waals surface area (Å²) in [5, 5.41) is 23.1. The average Bonchev–Trinajstić information content (AvgIpc) is 3.41. The summed E-state index contributed by atoms with van der Waals surface area (Å²) in [6.45, 7) is 6.16. The second kappa shape index (κ2) is 10.3. The zero-order valence-electron chi connectivity index (χ0n) is 20.0. The second-order valence-electron chi connectivity index (χ2n) is 10.2. The van der Waals surface area contributed by atoms with Gasteiger partial charge in [-0.3, -0.25) is 9.59 Å². The molecule has 1 saturated carbocycles. The highest BCUT2D eigenvalue weighted by Gasteiger charge is 2.56. The van der Waals surface area contributed by atoms with Crippen LogP contribution in [0.5, 0.6) is 0 Å². The minimum atomic E-state index is -1.08. The highest BCUT2D eigenvalue weighted by atomic mass is 32.1. The first-order valence-corrected chi connectivity index (χ1v) is 12.3. The number of carbonyl (C=O) groups is 2. The standard InChI is InChI=1S/C25H35N3O4S/c1-23(2,3)25(21(30)31,14-15-32-4)17-24(12-8-9-13-24)20(29)26-22-28-27-19(33-22)16-18-10-6-5-7-11-18/h5-7,10-11H,8-9,12-17H2,1-4H3,(H,30,31)(H,26,28,29). The third-order valence-electron chi connectivity index (χ3n) is 7.15. The summed E-state index contributed by atoms with van der Waals surface area (Å²) in [6.07, 6.45) is 4.46. The van der Waals surface area contributed by atoms with Crippen LogP contribution in [-0.4, -0.2) is 40.9 Å². The molecule has 0 radical (unpaired) electrons. The summed E-state index contributed by atoms with van der Waals surface area (Å²) in [6, 6.07) is 10.0. The van der Waals surface area contributed by atoms with Gasteiger partial charge in [0, 0.05) is 20.1 Å². The topological polar surface area (TPSA) is 101 Å². The predicted octanol–water partition coefficient (Wildman–Crippen LogP) is 5.17. The molecule has 2 aromatic rings. The highest BCUT2D eigenvalue weighted by Crippen LogP contribution is 2.55. The van der Waals surface area contributed by atoms with Gasteiger partial charge in [0.15, 0.2) is 0 Å². The first-order chi connectivity index (χ1) is 15.6. The molecule has 33 heavy (non-hydrogen) atoms. The van der Waals surface area contributed by atoms with Gasteiger partial charge in [-0.2, -0.15) is 0 Å². The van der Waals surface area contributed by atoms with Gasteiger partial charge in [-0.15, -0.1) is 10.2 Å². The molecule has 3 rings (SSSR count).